The maximum Gasteiger partial charge on any atom is 0.342 e. The molecular formula is C15H12O5. The average molecular weight is 272 g/mol. The molecule has 0 radical (unpaired) electrons. The predicted octanol–water partition coefficient (Wildman–Crippen LogP) is 1.93. The van der Waals surface area contributed by atoms with E-state index in [1.807, 2.05) is 24.3 Å². The second-order valence-corrected chi connectivity index (χ2v) is 4.52. The monoisotopic (exact) mass is 272 g/mol. The van der Waals surface area contributed by atoms with Crippen LogP contribution in [-0.4, -0.2) is 18.2 Å². The molecule has 0 N–H and O–H groups in total. The highest BCUT2D eigenvalue weighted by Gasteiger charge is 2.26. The SMILES string of the molecule is CC1=CC(O/C=C2/C(=O)OCc3ccccc32)OC1=O. The van der Waals surface area contributed by atoms with Crippen molar-refractivity contribution in [3.8, 4) is 0 Å². The third kappa shape index (κ3) is 2.18. The van der Waals surface area contributed by atoms with Crippen LogP contribution in [0.4, 0.5) is 0 Å². The quantitative estimate of drug-likeness (QED) is 0.467. The van der Waals surface area contributed by atoms with E-state index in [0.29, 0.717) is 11.1 Å². The molecule has 0 fully saturated rings. The Labute approximate surface area is 115 Å². The van der Waals surface area contributed by atoms with Gasteiger partial charge in [-0.1, -0.05) is 24.3 Å². The minimum absolute atomic E-state index is 0.254. The standard InChI is InChI=1S/C15H12O5/c1-9-6-13(20-14(9)16)18-8-12-11-5-3-2-4-10(11)7-19-15(12)17/h2-6,8,13H,7H2,1H3/b12-8+. The molecule has 0 aromatic heterocycles. The summed E-state index contributed by atoms with van der Waals surface area (Å²) in [4.78, 5) is 23.0. The molecule has 2 heterocycles. The van der Waals surface area contributed by atoms with Crippen LogP contribution in [0.15, 0.2) is 42.2 Å². The largest absolute Gasteiger partial charge is 0.458 e. The molecule has 1 unspecified atom stereocenters. The second-order valence-electron chi connectivity index (χ2n) is 4.52. The summed E-state index contributed by atoms with van der Waals surface area (Å²) in [7, 11) is 0. The van der Waals surface area contributed by atoms with Gasteiger partial charge >= 0.3 is 11.9 Å². The van der Waals surface area contributed by atoms with E-state index in [4.69, 9.17) is 14.2 Å². The molecule has 0 saturated heterocycles. The Morgan fingerprint density at radius 3 is 2.80 bits per heavy atom. The lowest BCUT2D eigenvalue weighted by molar-refractivity contribution is -0.152. The highest BCUT2D eigenvalue weighted by Crippen LogP contribution is 2.27. The summed E-state index contributed by atoms with van der Waals surface area (Å²) in [6, 6.07) is 7.42. The van der Waals surface area contributed by atoms with Gasteiger partial charge < -0.3 is 14.2 Å². The smallest absolute Gasteiger partial charge is 0.342 e. The van der Waals surface area contributed by atoms with Crippen molar-refractivity contribution in [2.75, 3.05) is 0 Å². The topological polar surface area (TPSA) is 61.8 Å². The van der Waals surface area contributed by atoms with Crippen LogP contribution in [0.5, 0.6) is 0 Å². The molecule has 5 heteroatoms. The number of carbonyl (C=O) groups excluding carboxylic acids is 2. The van der Waals surface area contributed by atoms with Crippen molar-refractivity contribution in [2.24, 2.45) is 0 Å². The van der Waals surface area contributed by atoms with Crippen molar-refractivity contribution >= 4 is 17.5 Å². The molecule has 0 amide bonds. The van der Waals surface area contributed by atoms with E-state index in [2.05, 4.69) is 0 Å². The summed E-state index contributed by atoms with van der Waals surface area (Å²) in [5.41, 5.74) is 2.49. The van der Waals surface area contributed by atoms with E-state index in [0.717, 1.165) is 11.1 Å². The first-order valence-corrected chi connectivity index (χ1v) is 6.15. The fraction of sp³-hybridized carbons (Fsp3) is 0.200. The molecule has 20 heavy (non-hydrogen) atoms. The predicted molar refractivity (Wildman–Crippen MR) is 68.9 cm³/mol. The Hall–Kier alpha value is -2.56. The van der Waals surface area contributed by atoms with Gasteiger partial charge in [-0.15, -0.1) is 0 Å². The van der Waals surface area contributed by atoms with Gasteiger partial charge in [0.15, 0.2) is 0 Å². The normalized spacial score (nSPS) is 22.9. The maximum absolute atomic E-state index is 11.8. The number of rotatable bonds is 2. The summed E-state index contributed by atoms with van der Waals surface area (Å²) in [6.45, 7) is 1.90. The van der Waals surface area contributed by atoms with Crippen LogP contribution in [0.3, 0.4) is 0 Å². The number of benzene rings is 1. The van der Waals surface area contributed by atoms with Gasteiger partial charge in [-0.2, -0.15) is 0 Å². The summed E-state index contributed by atoms with van der Waals surface area (Å²) in [5, 5.41) is 0. The fourth-order valence-corrected chi connectivity index (χ4v) is 2.06. The molecule has 1 atom stereocenters. The first-order valence-electron chi connectivity index (χ1n) is 6.15. The van der Waals surface area contributed by atoms with Crippen molar-refractivity contribution in [2.45, 2.75) is 19.8 Å². The summed E-state index contributed by atoms with van der Waals surface area (Å²) < 4.78 is 15.3. The molecule has 0 bridgehead atoms. The van der Waals surface area contributed by atoms with Gasteiger partial charge in [0.2, 0.25) is 0 Å². The molecular weight excluding hydrogens is 260 g/mol. The Morgan fingerprint density at radius 1 is 1.25 bits per heavy atom. The van der Waals surface area contributed by atoms with Crippen molar-refractivity contribution in [3.05, 3.63) is 53.3 Å². The zero-order valence-electron chi connectivity index (χ0n) is 10.8. The Bertz CT molecular complexity index is 641. The number of hydrogen-bond acceptors (Lipinski definition) is 5. The number of fused-ring (bicyclic) bond motifs is 1. The van der Waals surface area contributed by atoms with Gasteiger partial charge in [-0.25, -0.2) is 9.59 Å². The van der Waals surface area contributed by atoms with Gasteiger partial charge in [-0.3, -0.25) is 0 Å². The van der Waals surface area contributed by atoms with Crippen molar-refractivity contribution in [1.29, 1.82) is 0 Å². The average Bonchev–Trinajstić information content (AvgIpc) is 2.77. The first-order chi connectivity index (χ1) is 9.65. The zero-order valence-corrected chi connectivity index (χ0v) is 10.8. The Morgan fingerprint density at radius 2 is 2.05 bits per heavy atom. The van der Waals surface area contributed by atoms with Gasteiger partial charge in [0.1, 0.15) is 18.4 Å². The van der Waals surface area contributed by atoms with E-state index < -0.39 is 18.2 Å². The summed E-state index contributed by atoms with van der Waals surface area (Å²) >= 11 is 0. The number of cyclic esters (lactones) is 2. The first kappa shape index (κ1) is 12.5. The van der Waals surface area contributed by atoms with Crippen molar-refractivity contribution in [1.82, 2.24) is 0 Å². The molecule has 5 nitrogen and oxygen atoms in total. The van der Waals surface area contributed by atoms with E-state index in [-0.39, 0.29) is 6.61 Å². The van der Waals surface area contributed by atoms with Crippen LogP contribution < -0.4 is 0 Å². The van der Waals surface area contributed by atoms with Crippen LogP contribution in [0, 0.1) is 0 Å². The van der Waals surface area contributed by atoms with Crippen LogP contribution in [0.25, 0.3) is 5.57 Å². The molecule has 2 aliphatic heterocycles. The van der Waals surface area contributed by atoms with E-state index in [1.54, 1.807) is 13.0 Å². The molecule has 1 aromatic rings. The van der Waals surface area contributed by atoms with E-state index >= 15 is 0 Å². The molecule has 0 aliphatic carbocycles. The molecule has 2 aliphatic rings. The number of ether oxygens (including phenoxy) is 3. The van der Waals surface area contributed by atoms with Crippen LogP contribution in [0.1, 0.15) is 18.1 Å². The number of esters is 2. The lowest BCUT2D eigenvalue weighted by atomic mass is 9.99. The van der Waals surface area contributed by atoms with Gasteiger partial charge in [0.25, 0.3) is 6.29 Å². The summed E-state index contributed by atoms with van der Waals surface area (Å²) in [6.07, 6.45) is 2.05. The van der Waals surface area contributed by atoms with Crippen LogP contribution in [0.2, 0.25) is 0 Å². The maximum atomic E-state index is 11.8. The molecule has 3 rings (SSSR count). The third-order valence-electron chi connectivity index (χ3n) is 3.14. The van der Waals surface area contributed by atoms with E-state index in [9.17, 15) is 9.59 Å². The molecule has 0 saturated carbocycles. The van der Waals surface area contributed by atoms with Crippen molar-refractivity contribution in [3.63, 3.8) is 0 Å². The highest BCUT2D eigenvalue weighted by atomic mass is 16.7. The van der Waals surface area contributed by atoms with Gasteiger partial charge in [0.05, 0.1) is 0 Å². The lowest BCUT2D eigenvalue weighted by Gasteiger charge is -2.18. The number of hydrogen-bond donors (Lipinski definition) is 0. The van der Waals surface area contributed by atoms with Gasteiger partial charge in [0, 0.05) is 11.6 Å². The molecule has 0 spiro atoms. The molecule has 102 valence electrons. The number of carbonyl (C=O) groups is 2. The van der Waals surface area contributed by atoms with Crippen LogP contribution >= 0.6 is 0 Å². The lowest BCUT2D eigenvalue weighted by Crippen LogP contribution is -2.17. The molecule has 1 aromatic carbocycles. The minimum Gasteiger partial charge on any atom is -0.458 e. The Balaban J connectivity index is 1.84. The zero-order chi connectivity index (χ0) is 14.1. The highest BCUT2D eigenvalue weighted by molar-refractivity contribution is 6.17. The third-order valence-corrected chi connectivity index (χ3v) is 3.14. The van der Waals surface area contributed by atoms with Crippen molar-refractivity contribution < 1.29 is 23.8 Å². The Kier molecular flexibility index (Phi) is 3.02. The van der Waals surface area contributed by atoms with Crippen LogP contribution in [-0.2, 0) is 30.4 Å². The fourth-order valence-electron chi connectivity index (χ4n) is 2.06. The summed E-state index contributed by atoms with van der Waals surface area (Å²) in [5.74, 6) is -0.867. The van der Waals surface area contributed by atoms with E-state index in [1.165, 1.54) is 6.26 Å². The minimum atomic E-state index is -0.795. The second kappa shape index (κ2) is 4.85. The van der Waals surface area contributed by atoms with Gasteiger partial charge in [-0.05, 0) is 18.1 Å².